The maximum absolute atomic E-state index is 5.29. The highest BCUT2D eigenvalue weighted by molar-refractivity contribution is 5.60. The van der Waals surface area contributed by atoms with Gasteiger partial charge in [0, 0.05) is 20.3 Å². The van der Waals surface area contributed by atoms with Crippen LogP contribution in [0.3, 0.4) is 0 Å². The lowest BCUT2D eigenvalue weighted by Gasteiger charge is -2.24. The molecule has 0 aliphatic carbocycles. The fourth-order valence-corrected chi connectivity index (χ4v) is 1.74. The molecule has 0 saturated carbocycles. The third-order valence-electron chi connectivity index (χ3n) is 2.66. The first-order valence-electron chi connectivity index (χ1n) is 5.70. The third-order valence-corrected chi connectivity index (χ3v) is 2.66. The Morgan fingerprint density at radius 3 is 2.17 bits per heavy atom. The van der Waals surface area contributed by atoms with Crippen LogP contribution in [0.25, 0.3) is 0 Å². The zero-order chi connectivity index (χ0) is 13.5. The van der Waals surface area contributed by atoms with Crippen LogP contribution < -0.4 is 14.8 Å². The summed E-state index contributed by atoms with van der Waals surface area (Å²) in [4.78, 5) is 0. The van der Waals surface area contributed by atoms with Crippen molar-refractivity contribution in [1.82, 2.24) is 0 Å². The molecule has 1 unspecified atom stereocenters. The van der Waals surface area contributed by atoms with Crippen LogP contribution in [0.2, 0.25) is 0 Å². The summed E-state index contributed by atoms with van der Waals surface area (Å²) in [5.74, 6) is 1.51. The molecule has 1 aromatic rings. The summed E-state index contributed by atoms with van der Waals surface area (Å²) in [7, 11) is 6.47. The molecule has 0 spiro atoms. The summed E-state index contributed by atoms with van der Waals surface area (Å²) in [6, 6.07) is 5.54. The lowest BCUT2D eigenvalue weighted by atomic mass is 10.2. The van der Waals surface area contributed by atoms with Crippen LogP contribution >= 0.6 is 0 Å². The second-order valence-electron chi connectivity index (χ2n) is 3.84. The molecular weight excluding hydrogens is 234 g/mol. The van der Waals surface area contributed by atoms with Crippen molar-refractivity contribution < 1.29 is 18.9 Å². The van der Waals surface area contributed by atoms with Crippen molar-refractivity contribution in [3.05, 3.63) is 18.2 Å². The van der Waals surface area contributed by atoms with E-state index in [9.17, 15) is 0 Å². The topological polar surface area (TPSA) is 49.0 Å². The predicted molar refractivity (Wildman–Crippen MR) is 70.4 cm³/mol. The first kappa shape index (κ1) is 14.6. The Balaban J connectivity index is 2.87. The van der Waals surface area contributed by atoms with Crippen molar-refractivity contribution in [2.75, 3.05) is 33.8 Å². The summed E-state index contributed by atoms with van der Waals surface area (Å²) in [6.07, 6.45) is -0.332. The fraction of sp³-hybridized carbons (Fsp3) is 0.538. The number of anilines is 1. The van der Waals surface area contributed by atoms with Crippen molar-refractivity contribution in [1.29, 1.82) is 0 Å². The molecule has 102 valence electrons. The van der Waals surface area contributed by atoms with Crippen LogP contribution in [0, 0.1) is 0 Å². The maximum atomic E-state index is 5.29. The Morgan fingerprint density at radius 1 is 1.00 bits per heavy atom. The molecule has 1 atom stereocenters. The number of ether oxygens (including phenoxy) is 4. The van der Waals surface area contributed by atoms with Crippen LogP contribution in [0.5, 0.6) is 11.5 Å². The van der Waals surface area contributed by atoms with Gasteiger partial charge in [-0.05, 0) is 19.1 Å². The van der Waals surface area contributed by atoms with Gasteiger partial charge in [0.1, 0.15) is 11.5 Å². The standard InChI is InChI=1S/C13H21NO4/c1-9(13(17-4)18-5)14-11-8-10(15-2)6-7-12(11)16-3/h6-9,13-14H,1-5H3. The average Bonchev–Trinajstić information content (AvgIpc) is 2.40. The summed E-state index contributed by atoms with van der Waals surface area (Å²) < 4.78 is 20.9. The van der Waals surface area contributed by atoms with E-state index in [2.05, 4.69) is 5.32 Å². The summed E-state index contributed by atoms with van der Waals surface area (Å²) in [5, 5.41) is 3.28. The molecule has 0 bridgehead atoms. The molecule has 18 heavy (non-hydrogen) atoms. The minimum Gasteiger partial charge on any atom is -0.497 e. The van der Waals surface area contributed by atoms with Crippen LogP contribution in [-0.4, -0.2) is 40.8 Å². The average molecular weight is 255 g/mol. The molecule has 0 amide bonds. The second kappa shape index (κ2) is 7.08. The van der Waals surface area contributed by atoms with Crippen molar-refractivity contribution in [2.45, 2.75) is 19.3 Å². The number of rotatable bonds is 7. The normalized spacial score (nSPS) is 12.3. The largest absolute Gasteiger partial charge is 0.497 e. The molecule has 0 aromatic heterocycles. The lowest BCUT2D eigenvalue weighted by Crippen LogP contribution is -2.33. The molecule has 0 aliphatic rings. The lowest BCUT2D eigenvalue weighted by molar-refractivity contribution is -0.109. The van der Waals surface area contributed by atoms with Crippen molar-refractivity contribution in [2.24, 2.45) is 0 Å². The first-order valence-corrected chi connectivity index (χ1v) is 5.70. The Bertz CT molecular complexity index is 366. The maximum Gasteiger partial charge on any atom is 0.176 e. The number of hydrogen-bond acceptors (Lipinski definition) is 5. The van der Waals surface area contributed by atoms with Gasteiger partial charge in [0.15, 0.2) is 6.29 Å². The molecule has 0 aliphatic heterocycles. The summed E-state index contributed by atoms with van der Waals surface area (Å²) in [5.41, 5.74) is 0.837. The smallest absolute Gasteiger partial charge is 0.176 e. The van der Waals surface area contributed by atoms with E-state index < -0.39 is 0 Å². The van der Waals surface area contributed by atoms with E-state index >= 15 is 0 Å². The predicted octanol–water partition coefficient (Wildman–Crippen LogP) is 2.12. The Morgan fingerprint density at radius 2 is 1.67 bits per heavy atom. The van der Waals surface area contributed by atoms with Gasteiger partial charge in [-0.3, -0.25) is 0 Å². The molecule has 0 saturated heterocycles. The van der Waals surface area contributed by atoms with Crippen molar-refractivity contribution >= 4 is 5.69 Å². The van der Waals surface area contributed by atoms with Crippen molar-refractivity contribution in [3.63, 3.8) is 0 Å². The molecule has 5 heteroatoms. The number of benzene rings is 1. The zero-order valence-corrected chi connectivity index (χ0v) is 11.5. The van der Waals surface area contributed by atoms with Gasteiger partial charge >= 0.3 is 0 Å². The van der Waals surface area contributed by atoms with E-state index in [0.717, 1.165) is 17.2 Å². The quantitative estimate of drug-likeness (QED) is 0.756. The molecule has 1 rings (SSSR count). The van der Waals surface area contributed by atoms with E-state index in [-0.39, 0.29) is 12.3 Å². The van der Waals surface area contributed by atoms with Gasteiger partial charge in [-0.2, -0.15) is 0 Å². The van der Waals surface area contributed by atoms with Gasteiger partial charge in [-0.15, -0.1) is 0 Å². The highest BCUT2D eigenvalue weighted by Gasteiger charge is 2.17. The van der Waals surface area contributed by atoms with Gasteiger partial charge in [-0.1, -0.05) is 0 Å². The Labute approximate surface area is 108 Å². The summed E-state index contributed by atoms with van der Waals surface area (Å²) >= 11 is 0. The van der Waals surface area contributed by atoms with E-state index in [1.165, 1.54) is 0 Å². The zero-order valence-electron chi connectivity index (χ0n) is 11.5. The third kappa shape index (κ3) is 3.51. The molecular formula is C13H21NO4. The van der Waals surface area contributed by atoms with Gasteiger partial charge in [0.25, 0.3) is 0 Å². The van der Waals surface area contributed by atoms with E-state index in [0.29, 0.717) is 0 Å². The van der Waals surface area contributed by atoms with E-state index in [1.807, 2.05) is 25.1 Å². The highest BCUT2D eigenvalue weighted by Crippen LogP contribution is 2.29. The van der Waals surface area contributed by atoms with E-state index in [4.69, 9.17) is 18.9 Å². The minimum atomic E-state index is -0.332. The van der Waals surface area contributed by atoms with Gasteiger partial charge in [-0.25, -0.2) is 0 Å². The van der Waals surface area contributed by atoms with Gasteiger partial charge < -0.3 is 24.3 Å². The Hall–Kier alpha value is -1.46. The number of hydrogen-bond donors (Lipinski definition) is 1. The van der Waals surface area contributed by atoms with Crippen LogP contribution in [-0.2, 0) is 9.47 Å². The first-order chi connectivity index (χ1) is 8.65. The number of methoxy groups -OCH3 is 4. The molecule has 5 nitrogen and oxygen atoms in total. The number of nitrogens with one attached hydrogen (secondary N) is 1. The van der Waals surface area contributed by atoms with Crippen LogP contribution in [0.4, 0.5) is 5.69 Å². The molecule has 1 aromatic carbocycles. The highest BCUT2D eigenvalue weighted by atomic mass is 16.7. The fourth-order valence-electron chi connectivity index (χ4n) is 1.74. The summed E-state index contributed by atoms with van der Waals surface area (Å²) in [6.45, 7) is 1.97. The van der Waals surface area contributed by atoms with Gasteiger partial charge in [0.05, 0.1) is 25.9 Å². The van der Waals surface area contributed by atoms with E-state index in [1.54, 1.807) is 28.4 Å². The molecule has 1 N–H and O–H groups in total. The van der Waals surface area contributed by atoms with Gasteiger partial charge in [0.2, 0.25) is 0 Å². The molecule has 0 fully saturated rings. The SMILES string of the molecule is COc1ccc(OC)c(NC(C)C(OC)OC)c1. The monoisotopic (exact) mass is 255 g/mol. The Kier molecular flexibility index (Phi) is 5.74. The molecule has 0 heterocycles. The van der Waals surface area contributed by atoms with Crippen molar-refractivity contribution in [3.8, 4) is 11.5 Å². The van der Waals surface area contributed by atoms with Crippen LogP contribution in [0.1, 0.15) is 6.92 Å². The van der Waals surface area contributed by atoms with Crippen LogP contribution in [0.15, 0.2) is 18.2 Å². The second-order valence-corrected chi connectivity index (χ2v) is 3.84. The molecule has 0 radical (unpaired) electrons. The minimum absolute atomic E-state index is 0.0268.